The number of esters is 4. The molecule has 0 aromatic rings. The van der Waals surface area contributed by atoms with Crippen molar-refractivity contribution < 1.29 is 80.2 Å². The van der Waals surface area contributed by atoms with Crippen molar-refractivity contribution in [1.29, 1.82) is 0 Å². The van der Waals surface area contributed by atoms with E-state index in [-0.39, 0.29) is 25.7 Å². The maximum absolute atomic E-state index is 13.2. The van der Waals surface area contributed by atoms with Crippen molar-refractivity contribution >= 4 is 39.5 Å². The molecule has 0 aromatic heterocycles. The first-order valence-corrected chi connectivity index (χ1v) is 50.5. The van der Waals surface area contributed by atoms with Gasteiger partial charge in [-0.3, -0.25) is 37.3 Å². The van der Waals surface area contributed by atoms with Gasteiger partial charge in [0.2, 0.25) is 0 Å². The van der Waals surface area contributed by atoms with Crippen molar-refractivity contribution in [1.82, 2.24) is 0 Å². The van der Waals surface area contributed by atoms with Crippen molar-refractivity contribution in [3.63, 3.8) is 0 Å². The lowest BCUT2D eigenvalue weighted by atomic mass is 10.0. The Bertz CT molecular complexity index is 2120. The normalized spacial score (nSPS) is 13.7. The van der Waals surface area contributed by atoms with Crippen LogP contribution in [0.5, 0.6) is 0 Å². The number of carbonyl (C=O) groups is 4. The molecule has 0 fully saturated rings. The summed E-state index contributed by atoms with van der Waals surface area (Å²) < 4.78 is 69.1. The number of carbonyl (C=O) groups excluding carboxylic acids is 4. The third-order valence-electron chi connectivity index (χ3n) is 21.7. The van der Waals surface area contributed by atoms with E-state index in [1.807, 2.05) is 0 Å². The van der Waals surface area contributed by atoms with Crippen molar-refractivity contribution in [2.75, 3.05) is 39.6 Å². The van der Waals surface area contributed by atoms with Crippen molar-refractivity contribution in [2.45, 2.75) is 516 Å². The van der Waals surface area contributed by atoms with Crippen LogP contribution in [0.2, 0.25) is 0 Å². The van der Waals surface area contributed by atoms with Crippen molar-refractivity contribution in [3.8, 4) is 0 Å². The molecule has 0 aliphatic rings. The van der Waals surface area contributed by atoms with Gasteiger partial charge in [0, 0.05) is 25.7 Å². The van der Waals surface area contributed by atoms with Gasteiger partial charge in [-0.1, -0.05) is 446 Å². The molecule has 0 aliphatic carbocycles. The van der Waals surface area contributed by atoms with E-state index in [2.05, 4.69) is 41.5 Å². The summed E-state index contributed by atoms with van der Waals surface area (Å²) in [5.41, 5.74) is 0. The zero-order valence-corrected chi connectivity index (χ0v) is 75.1. The topological polar surface area (TPSA) is 237 Å². The Hall–Kier alpha value is -1.94. The Labute approximate surface area is 683 Å². The predicted molar refractivity (Wildman–Crippen MR) is 460 cm³/mol. The van der Waals surface area contributed by atoms with Gasteiger partial charge in [-0.25, -0.2) is 9.13 Å². The number of hydrogen-bond donors (Lipinski definition) is 3. The Morgan fingerprint density at radius 3 is 0.613 bits per heavy atom. The predicted octanol–water partition coefficient (Wildman–Crippen LogP) is 28.6. The minimum atomic E-state index is -4.97. The van der Waals surface area contributed by atoms with Gasteiger partial charge in [-0.2, -0.15) is 0 Å². The molecule has 3 N–H and O–H groups in total. The van der Waals surface area contributed by atoms with Gasteiger partial charge in [0.05, 0.1) is 26.4 Å². The number of phosphoric ester groups is 2. The minimum Gasteiger partial charge on any atom is -0.462 e. The number of unbranched alkanes of at least 4 members (excludes halogenated alkanes) is 61. The first-order valence-electron chi connectivity index (χ1n) is 47.5. The molecular formula is C92H180O17P2. The average molecular weight is 1620 g/mol. The van der Waals surface area contributed by atoms with Crippen molar-refractivity contribution in [2.24, 2.45) is 11.8 Å². The molecule has 660 valence electrons. The summed E-state index contributed by atoms with van der Waals surface area (Å²) in [5.74, 6) is -0.471. The average Bonchev–Trinajstić information content (AvgIpc) is 0.900. The van der Waals surface area contributed by atoms with E-state index in [9.17, 15) is 43.2 Å². The summed E-state index contributed by atoms with van der Waals surface area (Å²) in [5, 5.41) is 10.7. The highest BCUT2D eigenvalue weighted by atomic mass is 31.2. The molecule has 0 saturated carbocycles. The Kier molecular flexibility index (Phi) is 81.7. The lowest BCUT2D eigenvalue weighted by Gasteiger charge is -2.21. The van der Waals surface area contributed by atoms with Gasteiger partial charge in [0.25, 0.3) is 0 Å². The maximum Gasteiger partial charge on any atom is 0.472 e. The van der Waals surface area contributed by atoms with E-state index in [4.69, 9.17) is 37.0 Å². The lowest BCUT2D eigenvalue weighted by molar-refractivity contribution is -0.161. The SMILES string of the molecule is CCCCCCCCCCCCCCCCCCCCCCCC(=O)O[C@H](COC(=O)CCCCCCCCCCCCCCCCCCC(C)C)COP(=O)(O)OC[C@@H](O)COP(=O)(O)OC[C@@H](COC(=O)CCCCCCCCCCCCCC)OC(=O)CCCCCCCCCCCCCCCCCCC(C)C. The highest BCUT2D eigenvalue weighted by Gasteiger charge is 2.31. The highest BCUT2D eigenvalue weighted by molar-refractivity contribution is 7.47. The number of hydrogen-bond acceptors (Lipinski definition) is 15. The van der Waals surface area contributed by atoms with E-state index in [1.54, 1.807) is 0 Å². The fraction of sp³-hybridized carbons (Fsp3) is 0.957. The van der Waals surface area contributed by atoms with Crippen LogP contribution in [-0.2, 0) is 65.4 Å². The first-order chi connectivity index (χ1) is 53.9. The summed E-state index contributed by atoms with van der Waals surface area (Å²) in [7, 11) is -9.94. The van der Waals surface area contributed by atoms with Gasteiger partial charge in [-0.05, 0) is 37.5 Å². The van der Waals surface area contributed by atoms with Crippen LogP contribution in [0.15, 0.2) is 0 Å². The molecule has 0 radical (unpaired) electrons. The fourth-order valence-corrected chi connectivity index (χ4v) is 16.1. The fourth-order valence-electron chi connectivity index (χ4n) is 14.5. The molecule has 0 heterocycles. The van der Waals surface area contributed by atoms with Crippen LogP contribution < -0.4 is 0 Å². The van der Waals surface area contributed by atoms with E-state index in [1.165, 1.54) is 315 Å². The summed E-state index contributed by atoms with van der Waals surface area (Å²) in [4.78, 5) is 73.5. The number of rotatable bonds is 91. The zero-order valence-electron chi connectivity index (χ0n) is 73.3. The molecule has 2 unspecified atom stereocenters. The second kappa shape index (κ2) is 83.1. The summed E-state index contributed by atoms with van der Waals surface area (Å²) in [6, 6.07) is 0. The minimum absolute atomic E-state index is 0.109. The van der Waals surface area contributed by atoms with Crippen LogP contribution in [0.1, 0.15) is 497 Å². The van der Waals surface area contributed by atoms with Gasteiger partial charge in [-0.15, -0.1) is 0 Å². The van der Waals surface area contributed by atoms with Gasteiger partial charge in [0.1, 0.15) is 19.3 Å². The van der Waals surface area contributed by atoms with Crippen LogP contribution in [0.25, 0.3) is 0 Å². The second-order valence-corrected chi connectivity index (χ2v) is 36.9. The monoisotopic (exact) mass is 1620 g/mol. The molecular weight excluding hydrogens is 1440 g/mol. The number of ether oxygens (including phenoxy) is 4. The number of aliphatic hydroxyl groups is 1. The smallest absolute Gasteiger partial charge is 0.462 e. The molecule has 0 aromatic carbocycles. The summed E-state index contributed by atoms with van der Waals surface area (Å²) in [6.45, 7) is 9.77. The Morgan fingerprint density at radius 1 is 0.243 bits per heavy atom. The van der Waals surface area contributed by atoms with Crippen molar-refractivity contribution in [3.05, 3.63) is 0 Å². The lowest BCUT2D eigenvalue weighted by Crippen LogP contribution is -2.30. The third kappa shape index (κ3) is 85.8. The van der Waals surface area contributed by atoms with Gasteiger partial charge >= 0.3 is 39.5 Å². The van der Waals surface area contributed by atoms with E-state index in [0.717, 1.165) is 102 Å². The van der Waals surface area contributed by atoms with Crippen LogP contribution >= 0.6 is 15.6 Å². The van der Waals surface area contributed by atoms with Crippen LogP contribution in [-0.4, -0.2) is 96.7 Å². The first kappa shape index (κ1) is 109. The van der Waals surface area contributed by atoms with E-state index >= 15 is 0 Å². The Balaban J connectivity index is 5.25. The summed E-state index contributed by atoms with van der Waals surface area (Å²) >= 11 is 0. The number of phosphoric acid groups is 2. The molecule has 0 spiro atoms. The number of aliphatic hydroxyl groups excluding tert-OH is 1. The molecule has 0 saturated heterocycles. The van der Waals surface area contributed by atoms with E-state index in [0.29, 0.717) is 25.7 Å². The molecule has 19 heteroatoms. The molecule has 17 nitrogen and oxygen atoms in total. The van der Waals surface area contributed by atoms with Gasteiger partial charge < -0.3 is 33.8 Å². The molecule has 5 atom stereocenters. The quantitative estimate of drug-likeness (QED) is 0.0222. The maximum atomic E-state index is 13.2. The van der Waals surface area contributed by atoms with Crippen LogP contribution in [0.3, 0.4) is 0 Å². The molecule has 0 bridgehead atoms. The second-order valence-electron chi connectivity index (χ2n) is 34.0. The van der Waals surface area contributed by atoms with Crippen LogP contribution in [0, 0.1) is 11.8 Å². The largest absolute Gasteiger partial charge is 0.472 e. The Morgan fingerprint density at radius 2 is 0.414 bits per heavy atom. The summed E-state index contributed by atoms with van der Waals surface area (Å²) in [6.07, 6.45) is 77.8. The molecule has 0 aliphatic heterocycles. The van der Waals surface area contributed by atoms with E-state index < -0.39 is 97.5 Å². The molecule has 0 amide bonds. The third-order valence-corrected chi connectivity index (χ3v) is 23.6. The van der Waals surface area contributed by atoms with Gasteiger partial charge in [0.15, 0.2) is 12.2 Å². The molecule has 111 heavy (non-hydrogen) atoms. The highest BCUT2D eigenvalue weighted by Crippen LogP contribution is 2.45. The zero-order chi connectivity index (χ0) is 81.3. The van der Waals surface area contributed by atoms with Crippen LogP contribution in [0.4, 0.5) is 0 Å². The molecule has 0 rings (SSSR count). The standard InChI is InChI=1S/C92H180O17P2/c1-7-9-11-13-15-17-19-21-22-23-24-25-26-27-35-40-46-52-58-64-70-76-91(96)109-88(81-103-90(95)75-69-63-57-51-45-39-34-30-28-32-37-42-48-54-60-66-72-84(3)4)83-107-111(100,101)105-79-86(93)78-104-110(98,99)106-82-87(80-102-89(94)74-68-62-56-50-44-20-18-16-14-12-10-8-2)108-92(97)77-71-65-59-53-47-41-36-31-29-33-38-43-49-55-61-67-73-85(5)6/h84-88,93H,7-83H2,1-6H3,(H,98,99)(H,100,101)/t86-,87+,88+/m0/s1.